The van der Waals surface area contributed by atoms with Gasteiger partial charge in [-0.05, 0) is 58.5 Å². The van der Waals surface area contributed by atoms with Crippen LogP contribution in [0.15, 0.2) is 4.99 Å². The average Bonchev–Trinajstić information content (AvgIpc) is 2.50. The minimum absolute atomic E-state index is 0.566. The molecule has 2 fully saturated rings. The summed E-state index contributed by atoms with van der Waals surface area (Å²) in [4.78, 5) is 7.12. The maximum Gasteiger partial charge on any atom is 0.188 e. The van der Waals surface area contributed by atoms with Crippen molar-refractivity contribution in [1.82, 2.24) is 10.2 Å². The molecule has 0 amide bonds. The minimum Gasteiger partial charge on any atom is -0.370 e. The van der Waals surface area contributed by atoms with Crippen molar-refractivity contribution < 1.29 is 0 Å². The molecule has 4 heteroatoms. The first kappa shape index (κ1) is 16.6. The maximum atomic E-state index is 5.98. The van der Waals surface area contributed by atoms with Crippen molar-refractivity contribution in [3.05, 3.63) is 0 Å². The summed E-state index contributed by atoms with van der Waals surface area (Å²) in [5.74, 6) is 0.660. The molecule has 1 heterocycles. The summed E-state index contributed by atoms with van der Waals surface area (Å²) in [7, 11) is 0. The van der Waals surface area contributed by atoms with E-state index in [9.17, 15) is 0 Å². The number of nitrogens with zero attached hydrogens (tertiary/aromatic N) is 2. The zero-order chi connectivity index (χ0) is 14.9. The van der Waals surface area contributed by atoms with Crippen LogP contribution in [0.1, 0.15) is 71.1 Å². The van der Waals surface area contributed by atoms with E-state index in [1.807, 2.05) is 0 Å². The second-order valence-corrected chi connectivity index (χ2v) is 6.83. The largest absolute Gasteiger partial charge is 0.370 e. The van der Waals surface area contributed by atoms with Crippen LogP contribution in [0.3, 0.4) is 0 Å². The lowest BCUT2D eigenvalue weighted by Gasteiger charge is -2.33. The number of aliphatic imine (C=N–C) groups is 1. The summed E-state index contributed by atoms with van der Waals surface area (Å²) in [6.07, 6.45) is 13.1. The molecule has 1 saturated carbocycles. The Labute approximate surface area is 130 Å². The molecule has 3 N–H and O–H groups in total. The first-order chi connectivity index (χ1) is 10.3. The molecule has 2 rings (SSSR count). The molecule has 1 saturated heterocycles. The van der Waals surface area contributed by atoms with E-state index < -0.39 is 0 Å². The van der Waals surface area contributed by atoms with Crippen LogP contribution in [0, 0.1) is 0 Å². The van der Waals surface area contributed by atoms with E-state index in [1.165, 1.54) is 70.9 Å². The highest BCUT2D eigenvalue weighted by Gasteiger charge is 2.17. The average molecular weight is 294 g/mol. The molecule has 0 radical (unpaired) electrons. The lowest BCUT2D eigenvalue weighted by Crippen LogP contribution is -2.41. The van der Waals surface area contributed by atoms with Gasteiger partial charge in [0.15, 0.2) is 5.96 Å². The van der Waals surface area contributed by atoms with Gasteiger partial charge in [0.25, 0.3) is 0 Å². The number of unbranched alkanes of at least 4 members (excludes halogenated alkanes) is 1. The highest BCUT2D eigenvalue weighted by molar-refractivity contribution is 5.78. The summed E-state index contributed by atoms with van der Waals surface area (Å²) < 4.78 is 0. The second kappa shape index (κ2) is 9.29. The fourth-order valence-electron chi connectivity index (χ4n) is 3.62. The van der Waals surface area contributed by atoms with Crippen LogP contribution in [0.5, 0.6) is 0 Å². The van der Waals surface area contributed by atoms with Crippen molar-refractivity contribution in [2.24, 2.45) is 10.7 Å². The number of rotatable bonds is 6. The van der Waals surface area contributed by atoms with Gasteiger partial charge in [-0.1, -0.05) is 25.7 Å². The van der Waals surface area contributed by atoms with E-state index in [0.717, 1.165) is 19.0 Å². The molecule has 0 aromatic heterocycles. The monoisotopic (exact) mass is 294 g/mol. The quantitative estimate of drug-likeness (QED) is 0.450. The van der Waals surface area contributed by atoms with Gasteiger partial charge in [0.2, 0.25) is 0 Å². The van der Waals surface area contributed by atoms with E-state index in [2.05, 4.69) is 22.1 Å². The Balaban J connectivity index is 1.54. The molecule has 122 valence electrons. The van der Waals surface area contributed by atoms with Crippen molar-refractivity contribution in [2.45, 2.75) is 83.2 Å². The summed E-state index contributed by atoms with van der Waals surface area (Å²) >= 11 is 0. The van der Waals surface area contributed by atoms with Gasteiger partial charge in [0.1, 0.15) is 0 Å². The SMILES string of the molecule is CC1CCCCN1CCCCN=C(N)NC1CCCCC1. The number of hydrogen-bond donors (Lipinski definition) is 2. The first-order valence-corrected chi connectivity index (χ1v) is 9.06. The third-order valence-corrected chi connectivity index (χ3v) is 5.03. The Morgan fingerprint density at radius 3 is 2.62 bits per heavy atom. The van der Waals surface area contributed by atoms with Crippen LogP contribution >= 0.6 is 0 Å². The van der Waals surface area contributed by atoms with Gasteiger partial charge in [-0.25, -0.2) is 0 Å². The Bertz CT molecular complexity index is 310. The number of piperidine rings is 1. The molecule has 21 heavy (non-hydrogen) atoms. The van der Waals surface area contributed by atoms with Crippen LogP contribution < -0.4 is 11.1 Å². The Kier molecular flexibility index (Phi) is 7.34. The molecule has 0 aromatic carbocycles. The molecular weight excluding hydrogens is 260 g/mol. The van der Waals surface area contributed by atoms with E-state index in [4.69, 9.17) is 5.73 Å². The minimum atomic E-state index is 0.566. The Morgan fingerprint density at radius 2 is 1.86 bits per heavy atom. The summed E-state index contributed by atoms with van der Waals surface area (Å²) in [6, 6.07) is 1.34. The van der Waals surface area contributed by atoms with Gasteiger partial charge >= 0.3 is 0 Å². The Hall–Kier alpha value is -0.770. The van der Waals surface area contributed by atoms with Crippen molar-refractivity contribution in [1.29, 1.82) is 0 Å². The first-order valence-electron chi connectivity index (χ1n) is 9.06. The predicted molar refractivity (Wildman–Crippen MR) is 90.6 cm³/mol. The predicted octanol–water partition coefficient (Wildman–Crippen LogP) is 2.88. The molecule has 1 aliphatic heterocycles. The van der Waals surface area contributed by atoms with E-state index >= 15 is 0 Å². The van der Waals surface area contributed by atoms with Crippen molar-refractivity contribution in [3.63, 3.8) is 0 Å². The van der Waals surface area contributed by atoms with Crippen molar-refractivity contribution in [3.8, 4) is 0 Å². The van der Waals surface area contributed by atoms with Crippen LogP contribution in [0.25, 0.3) is 0 Å². The summed E-state index contributed by atoms with van der Waals surface area (Å²) in [5.41, 5.74) is 5.98. The molecule has 2 aliphatic rings. The van der Waals surface area contributed by atoms with Crippen molar-refractivity contribution >= 4 is 5.96 Å². The zero-order valence-corrected chi connectivity index (χ0v) is 13.8. The fourth-order valence-corrected chi connectivity index (χ4v) is 3.62. The normalized spacial score (nSPS) is 26.0. The van der Waals surface area contributed by atoms with E-state index in [1.54, 1.807) is 0 Å². The molecule has 1 unspecified atom stereocenters. The van der Waals surface area contributed by atoms with E-state index in [-0.39, 0.29) is 0 Å². The number of likely N-dealkylation sites (tertiary alicyclic amines) is 1. The third kappa shape index (κ3) is 6.25. The molecule has 0 aromatic rings. The molecule has 4 nitrogen and oxygen atoms in total. The maximum absolute atomic E-state index is 5.98. The van der Waals surface area contributed by atoms with Gasteiger partial charge in [-0.2, -0.15) is 0 Å². The summed E-state index contributed by atoms with van der Waals surface area (Å²) in [6.45, 7) is 5.75. The van der Waals surface area contributed by atoms with Gasteiger partial charge in [-0.3, -0.25) is 4.99 Å². The van der Waals surface area contributed by atoms with Gasteiger partial charge in [0.05, 0.1) is 0 Å². The Morgan fingerprint density at radius 1 is 1.10 bits per heavy atom. The summed E-state index contributed by atoms with van der Waals surface area (Å²) in [5, 5.41) is 3.38. The molecule has 1 aliphatic carbocycles. The van der Waals surface area contributed by atoms with Gasteiger partial charge in [-0.15, -0.1) is 0 Å². The zero-order valence-electron chi connectivity index (χ0n) is 13.8. The van der Waals surface area contributed by atoms with Crippen LogP contribution in [0.4, 0.5) is 0 Å². The molecule has 1 atom stereocenters. The second-order valence-electron chi connectivity index (χ2n) is 6.83. The van der Waals surface area contributed by atoms with E-state index in [0.29, 0.717) is 12.0 Å². The highest BCUT2D eigenvalue weighted by atomic mass is 15.2. The van der Waals surface area contributed by atoms with Gasteiger partial charge < -0.3 is 16.0 Å². The van der Waals surface area contributed by atoms with Crippen molar-refractivity contribution in [2.75, 3.05) is 19.6 Å². The number of nitrogens with two attached hydrogens (primary N) is 1. The fraction of sp³-hybridized carbons (Fsp3) is 0.941. The lowest BCUT2D eigenvalue weighted by atomic mass is 9.96. The van der Waals surface area contributed by atoms with Gasteiger partial charge in [0, 0.05) is 18.6 Å². The number of nitrogens with one attached hydrogen (secondary N) is 1. The smallest absolute Gasteiger partial charge is 0.188 e. The van der Waals surface area contributed by atoms with Crippen LogP contribution in [0.2, 0.25) is 0 Å². The highest BCUT2D eigenvalue weighted by Crippen LogP contribution is 2.17. The molecular formula is C17H34N4. The number of hydrogen-bond acceptors (Lipinski definition) is 2. The topological polar surface area (TPSA) is 53.6 Å². The van der Waals surface area contributed by atoms with Crippen LogP contribution in [-0.2, 0) is 0 Å². The lowest BCUT2D eigenvalue weighted by molar-refractivity contribution is 0.158. The third-order valence-electron chi connectivity index (χ3n) is 5.03. The number of guanidine groups is 1. The molecule has 0 bridgehead atoms. The van der Waals surface area contributed by atoms with Crippen LogP contribution in [-0.4, -0.2) is 42.6 Å². The standard InChI is InChI=1S/C17H34N4/c1-15-9-5-7-13-21(15)14-8-6-12-19-17(18)20-16-10-3-2-4-11-16/h15-16H,2-14H2,1H3,(H3,18,19,20). The molecule has 0 spiro atoms.